The Morgan fingerprint density at radius 2 is 2.00 bits per heavy atom. The van der Waals surface area contributed by atoms with Gasteiger partial charge in [-0.3, -0.25) is 4.79 Å². The number of allylic oxidation sites excluding steroid dienone is 3. The van der Waals surface area contributed by atoms with E-state index >= 15 is 0 Å². The largest absolute Gasteiger partial charge is 0.461 e. The van der Waals surface area contributed by atoms with Crippen LogP contribution in [-0.2, 0) is 9.53 Å². The van der Waals surface area contributed by atoms with Gasteiger partial charge in [0.25, 0.3) is 0 Å². The molecule has 0 bridgehead atoms. The molecule has 2 heteroatoms. The lowest BCUT2D eigenvalue weighted by Crippen LogP contribution is -2.19. The number of hydrogen-bond acceptors (Lipinski definition) is 2. The van der Waals surface area contributed by atoms with Gasteiger partial charge < -0.3 is 4.74 Å². The Kier molecular flexibility index (Phi) is 3.70. The van der Waals surface area contributed by atoms with Crippen molar-refractivity contribution in [2.45, 2.75) is 52.6 Å². The summed E-state index contributed by atoms with van der Waals surface area (Å²) in [6, 6.07) is 0. The SMILES string of the molecule is C/C1=C\C[C@H]2[C@@H](C/C(C)=C/CC1)OC(=O)[C@@H]2C. The van der Waals surface area contributed by atoms with Crippen LogP contribution in [0.15, 0.2) is 23.3 Å². The minimum Gasteiger partial charge on any atom is -0.461 e. The van der Waals surface area contributed by atoms with Gasteiger partial charge in [-0.15, -0.1) is 0 Å². The highest BCUT2D eigenvalue weighted by atomic mass is 16.6. The van der Waals surface area contributed by atoms with Crippen LogP contribution in [-0.4, -0.2) is 12.1 Å². The summed E-state index contributed by atoms with van der Waals surface area (Å²) in [5.41, 5.74) is 2.79. The Labute approximate surface area is 104 Å². The summed E-state index contributed by atoms with van der Waals surface area (Å²) < 4.78 is 5.51. The molecule has 94 valence electrons. The fourth-order valence-corrected chi connectivity index (χ4v) is 2.78. The molecule has 3 atom stereocenters. The Morgan fingerprint density at radius 3 is 2.76 bits per heavy atom. The van der Waals surface area contributed by atoms with Crippen LogP contribution < -0.4 is 0 Å². The lowest BCUT2D eigenvalue weighted by Gasteiger charge is -2.19. The van der Waals surface area contributed by atoms with Crippen LogP contribution in [0.25, 0.3) is 0 Å². The smallest absolute Gasteiger partial charge is 0.309 e. The number of ether oxygens (including phenoxy) is 1. The topological polar surface area (TPSA) is 26.3 Å². The molecule has 0 radical (unpaired) electrons. The number of fused-ring (bicyclic) bond motifs is 1. The van der Waals surface area contributed by atoms with E-state index in [9.17, 15) is 4.79 Å². The summed E-state index contributed by atoms with van der Waals surface area (Å²) in [6.07, 6.45) is 8.81. The van der Waals surface area contributed by atoms with Crippen molar-refractivity contribution in [3.8, 4) is 0 Å². The number of hydrogen-bond donors (Lipinski definition) is 0. The Hall–Kier alpha value is -1.05. The second-order valence-corrected chi connectivity index (χ2v) is 5.51. The maximum atomic E-state index is 11.7. The molecule has 1 fully saturated rings. The number of esters is 1. The highest BCUT2D eigenvalue weighted by molar-refractivity contribution is 5.74. The van der Waals surface area contributed by atoms with Gasteiger partial charge in [0.15, 0.2) is 0 Å². The zero-order chi connectivity index (χ0) is 12.4. The lowest BCUT2D eigenvalue weighted by atomic mass is 9.84. The molecule has 1 saturated heterocycles. The number of carbonyl (C=O) groups excluding carboxylic acids is 1. The van der Waals surface area contributed by atoms with Crippen molar-refractivity contribution in [2.24, 2.45) is 11.8 Å². The fraction of sp³-hybridized carbons (Fsp3) is 0.667. The fourth-order valence-electron chi connectivity index (χ4n) is 2.78. The van der Waals surface area contributed by atoms with Gasteiger partial charge in [0.05, 0.1) is 5.92 Å². The summed E-state index contributed by atoms with van der Waals surface area (Å²) in [5, 5.41) is 0. The molecule has 0 unspecified atom stereocenters. The van der Waals surface area contributed by atoms with E-state index in [1.807, 2.05) is 6.92 Å². The van der Waals surface area contributed by atoms with Crippen molar-refractivity contribution in [2.75, 3.05) is 0 Å². The maximum Gasteiger partial charge on any atom is 0.309 e. The molecule has 1 heterocycles. The first-order chi connectivity index (χ1) is 8.08. The van der Waals surface area contributed by atoms with Crippen molar-refractivity contribution >= 4 is 5.97 Å². The van der Waals surface area contributed by atoms with Gasteiger partial charge in [0.1, 0.15) is 6.10 Å². The summed E-state index contributed by atoms with van der Waals surface area (Å²) in [5.74, 6) is 0.397. The van der Waals surface area contributed by atoms with E-state index in [0.717, 1.165) is 25.7 Å². The van der Waals surface area contributed by atoms with Crippen molar-refractivity contribution in [3.05, 3.63) is 23.3 Å². The Morgan fingerprint density at radius 1 is 1.24 bits per heavy atom. The molecule has 17 heavy (non-hydrogen) atoms. The second kappa shape index (κ2) is 5.07. The molecule has 0 N–H and O–H groups in total. The first kappa shape index (κ1) is 12.4. The van der Waals surface area contributed by atoms with Crippen LogP contribution in [0.1, 0.15) is 46.5 Å². The monoisotopic (exact) mass is 234 g/mol. The zero-order valence-electron chi connectivity index (χ0n) is 11.0. The molecule has 0 spiro atoms. The van der Waals surface area contributed by atoms with Gasteiger partial charge in [-0.2, -0.15) is 0 Å². The molecule has 2 nitrogen and oxygen atoms in total. The van der Waals surface area contributed by atoms with Crippen LogP contribution in [0.3, 0.4) is 0 Å². The molecule has 1 aliphatic heterocycles. The van der Waals surface area contributed by atoms with Crippen LogP contribution in [0.4, 0.5) is 0 Å². The molecule has 1 aliphatic carbocycles. The third kappa shape index (κ3) is 2.80. The standard InChI is InChI=1S/C15H22O2/c1-10-5-4-6-11(2)9-14-13(8-7-10)12(3)15(16)17-14/h6-7,12-14H,4-5,8-9H2,1-3H3/b10-7+,11-6+/t12-,13-,14-/m1/s1. The van der Waals surface area contributed by atoms with E-state index in [0.29, 0.717) is 5.92 Å². The Balaban J connectivity index is 2.20. The third-order valence-corrected chi connectivity index (χ3v) is 4.05. The van der Waals surface area contributed by atoms with Crippen LogP contribution in [0.5, 0.6) is 0 Å². The summed E-state index contributed by atoms with van der Waals surface area (Å²) >= 11 is 0. The molecule has 0 amide bonds. The molecular weight excluding hydrogens is 212 g/mol. The summed E-state index contributed by atoms with van der Waals surface area (Å²) in [6.45, 7) is 6.33. The van der Waals surface area contributed by atoms with E-state index in [2.05, 4.69) is 26.0 Å². The maximum absolute atomic E-state index is 11.7. The Bertz CT molecular complexity index is 365. The van der Waals surface area contributed by atoms with E-state index in [1.54, 1.807) is 0 Å². The van der Waals surface area contributed by atoms with Crippen molar-refractivity contribution in [1.82, 2.24) is 0 Å². The van der Waals surface area contributed by atoms with Crippen LogP contribution in [0.2, 0.25) is 0 Å². The van der Waals surface area contributed by atoms with Crippen molar-refractivity contribution in [3.63, 3.8) is 0 Å². The summed E-state index contributed by atoms with van der Waals surface area (Å²) in [7, 11) is 0. The van der Waals surface area contributed by atoms with Gasteiger partial charge in [0, 0.05) is 12.3 Å². The summed E-state index contributed by atoms with van der Waals surface area (Å²) in [4.78, 5) is 11.7. The molecule has 0 aromatic carbocycles. The highest BCUT2D eigenvalue weighted by Crippen LogP contribution is 2.35. The average molecular weight is 234 g/mol. The molecule has 0 aromatic heterocycles. The first-order valence-electron chi connectivity index (χ1n) is 6.59. The molecule has 0 aromatic rings. The van der Waals surface area contributed by atoms with E-state index in [-0.39, 0.29) is 18.0 Å². The molecule has 0 saturated carbocycles. The first-order valence-corrected chi connectivity index (χ1v) is 6.59. The van der Waals surface area contributed by atoms with E-state index < -0.39 is 0 Å². The van der Waals surface area contributed by atoms with Gasteiger partial charge in [-0.05, 0) is 33.1 Å². The van der Waals surface area contributed by atoms with Gasteiger partial charge >= 0.3 is 5.97 Å². The zero-order valence-corrected chi connectivity index (χ0v) is 11.0. The molecule has 2 aliphatic rings. The van der Waals surface area contributed by atoms with Crippen molar-refractivity contribution < 1.29 is 9.53 Å². The van der Waals surface area contributed by atoms with Crippen LogP contribution >= 0.6 is 0 Å². The van der Waals surface area contributed by atoms with Gasteiger partial charge in [0.2, 0.25) is 0 Å². The van der Waals surface area contributed by atoms with E-state index in [4.69, 9.17) is 4.74 Å². The molecular formula is C15H22O2. The second-order valence-electron chi connectivity index (χ2n) is 5.51. The number of rotatable bonds is 0. The minimum atomic E-state index is -0.0156. The van der Waals surface area contributed by atoms with Gasteiger partial charge in [-0.1, -0.05) is 30.2 Å². The van der Waals surface area contributed by atoms with E-state index in [1.165, 1.54) is 11.1 Å². The number of carbonyl (C=O) groups is 1. The predicted molar refractivity (Wildman–Crippen MR) is 68.5 cm³/mol. The molecule has 2 rings (SSSR count). The van der Waals surface area contributed by atoms with Crippen LogP contribution in [0, 0.1) is 11.8 Å². The normalized spacial score (nSPS) is 40.6. The minimum absolute atomic E-state index is 0.0156. The van der Waals surface area contributed by atoms with Crippen molar-refractivity contribution in [1.29, 1.82) is 0 Å². The quantitative estimate of drug-likeness (QED) is 0.472. The average Bonchev–Trinajstić information content (AvgIpc) is 2.52. The lowest BCUT2D eigenvalue weighted by molar-refractivity contribution is -0.143. The predicted octanol–water partition coefficient (Wildman–Crippen LogP) is 3.63. The highest BCUT2D eigenvalue weighted by Gasteiger charge is 2.40. The van der Waals surface area contributed by atoms with Gasteiger partial charge in [-0.25, -0.2) is 0 Å². The third-order valence-electron chi connectivity index (χ3n) is 4.05.